The zero-order valence-corrected chi connectivity index (χ0v) is 20.1. The molecule has 0 spiro atoms. The second kappa shape index (κ2) is 16.3. The largest absolute Gasteiger partial charge is 2.00 e. The minimum absolute atomic E-state index is 0. The molecular formula is C19H30Cl2N2SiTi-4. The normalized spacial score (nSPS) is 11.8. The fraction of sp³-hybridized carbons (Fsp3) is 0.421. The SMILES string of the molecule is CC(C)(C)[NH-].[CH3-].[CH3-].[Cl-].[Cl-].[Si].[Ti+2].c1cc(N2CCCC2)c2cc[cH-]c2c1. The van der Waals surface area contributed by atoms with Crippen LogP contribution in [0.25, 0.3) is 16.5 Å². The van der Waals surface area contributed by atoms with Gasteiger partial charge in [-0.2, -0.15) is 12.1 Å². The third kappa shape index (κ3) is 12.2. The van der Waals surface area contributed by atoms with E-state index in [1.807, 2.05) is 20.8 Å². The molecule has 142 valence electrons. The van der Waals surface area contributed by atoms with E-state index in [4.69, 9.17) is 5.73 Å². The summed E-state index contributed by atoms with van der Waals surface area (Å²) in [6.07, 6.45) is 2.69. The van der Waals surface area contributed by atoms with Crippen LogP contribution in [-0.2, 0) is 21.7 Å². The van der Waals surface area contributed by atoms with Gasteiger partial charge in [-0.1, -0.05) is 26.8 Å². The molecule has 4 radical (unpaired) electrons. The number of anilines is 1. The fourth-order valence-corrected chi connectivity index (χ4v) is 2.38. The molecule has 3 rings (SSSR count). The van der Waals surface area contributed by atoms with Crippen molar-refractivity contribution in [2.24, 2.45) is 0 Å². The van der Waals surface area contributed by atoms with Crippen molar-refractivity contribution in [3.05, 3.63) is 57.0 Å². The Morgan fingerprint density at radius 2 is 1.48 bits per heavy atom. The van der Waals surface area contributed by atoms with Crippen molar-refractivity contribution in [3.63, 3.8) is 0 Å². The molecule has 1 heterocycles. The van der Waals surface area contributed by atoms with Crippen LogP contribution in [0.3, 0.4) is 0 Å². The van der Waals surface area contributed by atoms with Crippen LogP contribution >= 0.6 is 0 Å². The molecule has 0 amide bonds. The van der Waals surface area contributed by atoms with E-state index >= 15 is 0 Å². The minimum Gasteiger partial charge on any atom is -1.00 e. The number of nitrogens with zero attached hydrogens (tertiary/aromatic N) is 1. The number of fused-ring (bicyclic) bond motifs is 1. The first-order valence-corrected chi connectivity index (χ1v) is 7.09. The van der Waals surface area contributed by atoms with Crippen molar-refractivity contribution in [2.45, 2.75) is 39.2 Å². The van der Waals surface area contributed by atoms with Gasteiger partial charge in [0.1, 0.15) is 0 Å². The smallest absolute Gasteiger partial charge is 1.00 e. The van der Waals surface area contributed by atoms with Crippen molar-refractivity contribution in [1.82, 2.24) is 0 Å². The predicted molar refractivity (Wildman–Crippen MR) is 104 cm³/mol. The second-order valence-electron chi connectivity index (χ2n) is 6.25. The molecular weight excluding hydrogens is 403 g/mol. The maximum absolute atomic E-state index is 6.94. The molecule has 1 aliphatic heterocycles. The van der Waals surface area contributed by atoms with Gasteiger partial charge in [-0.05, 0) is 18.5 Å². The first-order valence-electron chi connectivity index (χ1n) is 7.09. The molecule has 0 unspecified atom stereocenters. The first-order chi connectivity index (χ1) is 8.95. The standard InChI is InChI=1S/C13H14N.C4H10N.2CH3.2ClH.Si.Ti/c1-2-10-14(9-1)13-8-4-6-11-5-3-7-12(11)13;1-4(2,3)5;;;;;;/h3-8H,1-2,9-10H2;5H,1-3H3;2*1H3;2*1H;;/q4*-1;;;;+2/p-2. The average Bonchev–Trinajstić information content (AvgIpc) is 2.97. The monoisotopic (exact) mass is 432 g/mol. The average molecular weight is 433 g/mol. The number of hydrogen-bond donors (Lipinski definition) is 0. The van der Waals surface area contributed by atoms with Crippen molar-refractivity contribution in [1.29, 1.82) is 0 Å². The van der Waals surface area contributed by atoms with Crippen molar-refractivity contribution >= 4 is 27.4 Å². The molecule has 2 aromatic rings. The van der Waals surface area contributed by atoms with Crippen LogP contribution in [0.5, 0.6) is 0 Å². The Bertz CT molecular complexity index is 529. The number of benzene rings is 1. The van der Waals surface area contributed by atoms with Gasteiger partial charge in [0.25, 0.3) is 0 Å². The molecule has 0 saturated carbocycles. The second-order valence-corrected chi connectivity index (χ2v) is 6.25. The molecule has 25 heavy (non-hydrogen) atoms. The van der Waals surface area contributed by atoms with Crippen LogP contribution in [0.4, 0.5) is 5.69 Å². The van der Waals surface area contributed by atoms with E-state index in [2.05, 4.69) is 41.3 Å². The number of rotatable bonds is 1. The maximum atomic E-state index is 6.94. The zero-order valence-electron chi connectivity index (χ0n) is 16.0. The van der Waals surface area contributed by atoms with Gasteiger partial charge in [0.2, 0.25) is 0 Å². The molecule has 1 saturated heterocycles. The first kappa shape index (κ1) is 36.1. The summed E-state index contributed by atoms with van der Waals surface area (Å²) < 4.78 is 0. The Hall–Kier alpha value is 0.101. The third-order valence-electron chi connectivity index (χ3n) is 3.10. The van der Waals surface area contributed by atoms with Crippen LogP contribution in [0.2, 0.25) is 0 Å². The third-order valence-corrected chi connectivity index (χ3v) is 3.10. The Kier molecular flexibility index (Phi) is 23.5. The predicted octanol–water partition coefficient (Wildman–Crippen LogP) is -0.479. The summed E-state index contributed by atoms with van der Waals surface area (Å²) in [6, 6.07) is 13.2. The summed E-state index contributed by atoms with van der Waals surface area (Å²) in [7, 11) is 0. The molecule has 6 heteroatoms. The molecule has 0 atom stereocenters. The van der Waals surface area contributed by atoms with Gasteiger partial charge in [0.05, 0.1) is 0 Å². The Labute approximate surface area is 187 Å². The summed E-state index contributed by atoms with van der Waals surface area (Å²) in [5.41, 5.74) is 8.11. The van der Waals surface area contributed by atoms with Gasteiger partial charge in [-0.25, -0.2) is 0 Å². The molecule has 0 aliphatic carbocycles. The maximum Gasteiger partial charge on any atom is 2.00 e. The van der Waals surface area contributed by atoms with Gasteiger partial charge in [-0.15, -0.1) is 34.5 Å². The van der Waals surface area contributed by atoms with Crippen LogP contribution in [0.1, 0.15) is 33.6 Å². The van der Waals surface area contributed by atoms with E-state index in [1.54, 1.807) is 0 Å². The molecule has 2 nitrogen and oxygen atoms in total. The van der Waals surface area contributed by atoms with Gasteiger partial charge in [-0.3, -0.25) is 0 Å². The van der Waals surface area contributed by atoms with Crippen LogP contribution in [-0.4, -0.2) is 29.6 Å². The van der Waals surface area contributed by atoms with Crippen LogP contribution < -0.4 is 29.7 Å². The number of nitrogens with one attached hydrogen (secondary N) is 1. The van der Waals surface area contributed by atoms with Crippen molar-refractivity contribution in [2.75, 3.05) is 18.0 Å². The minimum atomic E-state index is -0.250. The van der Waals surface area contributed by atoms with Gasteiger partial charge in [0.15, 0.2) is 0 Å². The molecule has 0 aromatic heterocycles. The molecule has 1 aliphatic rings. The summed E-state index contributed by atoms with van der Waals surface area (Å²) in [5.74, 6) is 0. The Morgan fingerprint density at radius 3 is 1.96 bits per heavy atom. The Morgan fingerprint density at radius 1 is 1.00 bits per heavy atom. The van der Waals surface area contributed by atoms with E-state index in [9.17, 15) is 0 Å². The van der Waals surface area contributed by atoms with Crippen molar-refractivity contribution in [3.8, 4) is 0 Å². The molecule has 2 aromatic carbocycles. The van der Waals surface area contributed by atoms with Gasteiger partial charge >= 0.3 is 21.7 Å². The summed E-state index contributed by atoms with van der Waals surface area (Å²) in [6.45, 7) is 8.02. The number of halogens is 2. The van der Waals surface area contributed by atoms with Crippen LogP contribution in [0, 0.1) is 14.9 Å². The topological polar surface area (TPSA) is 27.0 Å². The summed E-state index contributed by atoms with van der Waals surface area (Å²) >= 11 is 0. The van der Waals surface area contributed by atoms with Crippen LogP contribution in [0.15, 0.2) is 36.4 Å². The van der Waals surface area contributed by atoms with E-state index in [1.165, 1.54) is 42.4 Å². The Balaban J connectivity index is -0.000000110. The van der Waals surface area contributed by atoms with E-state index in [0.717, 1.165) is 0 Å². The molecule has 1 N–H and O–H groups in total. The quantitative estimate of drug-likeness (QED) is 0.441. The summed E-state index contributed by atoms with van der Waals surface area (Å²) in [5, 5.41) is 2.78. The summed E-state index contributed by atoms with van der Waals surface area (Å²) in [4.78, 5) is 2.50. The van der Waals surface area contributed by atoms with Gasteiger partial charge < -0.3 is 50.3 Å². The number of hydrogen-bond acceptors (Lipinski definition) is 1. The molecule has 0 bridgehead atoms. The van der Waals surface area contributed by atoms with E-state index < -0.39 is 0 Å². The van der Waals surface area contributed by atoms with Gasteiger partial charge in [0, 0.05) is 24.1 Å². The van der Waals surface area contributed by atoms with E-state index in [-0.39, 0.29) is 77.9 Å². The van der Waals surface area contributed by atoms with E-state index in [0.29, 0.717) is 0 Å². The molecule has 1 fully saturated rings. The fourth-order valence-electron chi connectivity index (χ4n) is 2.38. The van der Waals surface area contributed by atoms with Crippen molar-refractivity contribution < 1.29 is 46.5 Å². The zero-order chi connectivity index (χ0) is 13.9.